The van der Waals surface area contributed by atoms with Crippen molar-refractivity contribution < 1.29 is 4.74 Å². The lowest BCUT2D eigenvalue weighted by atomic mass is 10.1. The Hall–Kier alpha value is -4.09. The third-order valence-electron chi connectivity index (χ3n) is 3.98. The molecular weight excluding hydrogens is 324 g/mol. The van der Waals surface area contributed by atoms with Gasteiger partial charge >= 0.3 is 0 Å². The van der Waals surface area contributed by atoms with Gasteiger partial charge in [-0.2, -0.15) is 10.5 Å². The fourth-order valence-corrected chi connectivity index (χ4v) is 2.68. The monoisotopic (exact) mass is 336 g/mol. The number of H-pyrrole nitrogens is 1. The lowest BCUT2D eigenvalue weighted by molar-refractivity contribution is 0.482. The second kappa shape index (κ2) is 6.43. The number of rotatable bonds is 3. The van der Waals surface area contributed by atoms with Crippen LogP contribution in [-0.2, 0) is 0 Å². The fraction of sp³-hybridized carbons (Fsp3) is 0. The number of aromatic amines is 1. The van der Waals surface area contributed by atoms with Crippen LogP contribution in [0.25, 0.3) is 22.4 Å². The van der Waals surface area contributed by atoms with Gasteiger partial charge in [0.15, 0.2) is 0 Å². The van der Waals surface area contributed by atoms with Gasteiger partial charge in [-0.1, -0.05) is 12.1 Å². The zero-order valence-electron chi connectivity index (χ0n) is 13.6. The number of aromatic nitrogens is 2. The minimum atomic E-state index is 0.295. The maximum atomic E-state index is 9.10. The molecule has 0 fully saturated rings. The Labute approximate surface area is 149 Å². The van der Waals surface area contributed by atoms with E-state index >= 15 is 0 Å². The average molecular weight is 336 g/mol. The molecule has 0 atom stereocenters. The maximum Gasteiger partial charge on any atom is 0.138 e. The van der Waals surface area contributed by atoms with Crippen LogP contribution in [0.3, 0.4) is 0 Å². The van der Waals surface area contributed by atoms with Gasteiger partial charge in [-0.25, -0.2) is 4.98 Å². The number of benzene rings is 3. The van der Waals surface area contributed by atoms with Crippen LogP contribution in [0.15, 0.2) is 66.7 Å². The quantitative estimate of drug-likeness (QED) is 0.584. The second-order valence-corrected chi connectivity index (χ2v) is 5.66. The molecule has 26 heavy (non-hydrogen) atoms. The highest BCUT2D eigenvalue weighted by Gasteiger charge is 2.07. The summed E-state index contributed by atoms with van der Waals surface area (Å²) < 4.78 is 5.78. The van der Waals surface area contributed by atoms with Crippen molar-refractivity contribution in [3.8, 4) is 35.0 Å². The number of para-hydroxylation sites is 2. The van der Waals surface area contributed by atoms with E-state index in [0.717, 1.165) is 22.4 Å². The van der Waals surface area contributed by atoms with E-state index in [4.69, 9.17) is 15.3 Å². The van der Waals surface area contributed by atoms with Crippen molar-refractivity contribution in [1.29, 1.82) is 10.5 Å². The maximum absolute atomic E-state index is 9.10. The number of nitrogens with one attached hydrogen (secondary N) is 1. The summed E-state index contributed by atoms with van der Waals surface area (Å²) in [5.74, 6) is 1.94. The fourth-order valence-electron chi connectivity index (χ4n) is 2.68. The summed E-state index contributed by atoms with van der Waals surface area (Å²) in [6, 6.07) is 24.2. The molecule has 0 saturated heterocycles. The number of hydrogen-bond donors (Lipinski definition) is 1. The molecule has 1 heterocycles. The molecule has 5 nitrogen and oxygen atoms in total. The largest absolute Gasteiger partial charge is 0.457 e. The number of ether oxygens (including phenoxy) is 1. The number of nitriles is 2. The van der Waals surface area contributed by atoms with Crippen LogP contribution >= 0.6 is 0 Å². The standard InChI is InChI=1S/C21H12N4O/c22-12-15-7-10-18(11-16(15)13-23)26-17-8-5-14(6-9-17)21-24-19-3-1-2-4-20(19)25-21/h1-11H,(H,24,25). The molecule has 0 saturated carbocycles. The smallest absolute Gasteiger partial charge is 0.138 e. The van der Waals surface area contributed by atoms with Crippen molar-refractivity contribution in [3.05, 3.63) is 77.9 Å². The molecule has 1 aromatic heterocycles. The first kappa shape index (κ1) is 15.4. The van der Waals surface area contributed by atoms with Gasteiger partial charge in [0.25, 0.3) is 0 Å². The van der Waals surface area contributed by atoms with E-state index in [1.165, 1.54) is 0 Å². The van der Waals surface area contributed by atoms with Crippen molar-refractivity contribution in [2.24, 2.45) is 0 Å². The van der Waals surface area contributed by atoms with E-state index in [2.05, 4.69) is 9.97 Å². The molecule has 0 aliphatic carbocycles. The van der Waals surface area contributed by atoms with E-state index in [9.17, 15) is 0 Å². The highest BCUT2D eigenvalue weighted by atomic mass is 16.5. The van der Waals surface area contributed by atoms with Crippen molar-refractivity contribution in [1.82, 2.24) is 9.97 Å². The third-order valence-corrected chi connectivity index (χ3v) is 3.98. The summed E-state index contributed by atoms with van der Waals surface area (Å²) in [5.41, 5.74) is 3.49. The molecule has 0 amide bonds. The van der Waals surface area contributed by atoms with E-state index in [1.54, 1.807) is 18.2 Å². The summed E-state index contributed by atoms with van der Waals surface area (Å²) >= 11 is 0. The predicted molar refractivity (Wildman–Crippen MR) is 97.5 cm³/mol. The molecule has 4 rings (SSSR count). The Bertz CT molecular complexity index is 1140. The minimum absolute atomic E-state index is 0.295. The number of hydrogen-bond acceptors (Lipinski definition) is 4. The minimum Gasteiger partial charge on any atom is -0.457 e. The van der Waals surface area contributed by atoms with Crippen molar-refractivity contribution in [3.63, 3.8) is 0 Å². The molecule has 0 aliphatic heterocycles. The molecular formula is C21H12N4O. The second-order valence-electron chi connectivity index (χ2n) is 5.66. The van der Waals surface area contributed by atoms with E-state index in [-0.39, 0.29) is 0 Å². The summed E-state index contributed by atoms with van der Waals surface area (Å²) in [7, 11) is 0. The first-order chi connectivity index (χ1) is 12.8. The SMILES string of the molecule is N#Cc1ccc(Oc2ccc(-c3nc4ccccc4[nH]3)cc2)cc1C#N. The summed E-state index contributed by atoms with van der Waals surface area (Å²) in [6.07, 6.45) is 0. The normalized spacial score (nSPS) is 10.2. The molecule has 0 aliphatic rings. The molecule has 3 aromatic carbocycles. The highest BCUT2D eigenvalue weighted by Crippen LogP contribution is 2.27. The van der Waals surface area contributed by atoms with Crippen LogP contribution < -0.4 is 4.74 Å². The average Bonchev–Trinajstić information content (AvgIpc) is 3.12. The first-order valence-electron chi connectivity index (χ1n) is 7.94. The van der Waals surface area contributed by atoms with E-state index in [0.29, 0.717) is 22.6 Å². The van der Waals surface area contributed by atoms with Crippen molar-refractivity contribution in [2.75, 3.05) is 0 Å². The highest BCUT2D eigenvalue weighted by molar-refractivity contribution is 5.79. The molecule has 1 N–H and O–H groups in total. The van der Waals surface area contributed by atoms with Gasteiger partial charge in [0.2, 0.25) is 0 Å². The van der Waals surface area contributed by atoms with Gasteiger partial charge in [0.1, 0.15) is 29.5 Å². The zero-order chi connectivity index (χ0) is 17.9. The van der Waals surface area contributed by atoms with Crippen LogP contribution in [0.4, 0.5) is 0 Å². The van der Waals surface area contributed by atoms with Gasteiger partial charge in [-0.15, -0.1) is 0 Å². The van der Waals surface area contributed by atoms with Gasteiger partial charge in [-0.05, 0) is 54.6 Å². The Balaban J connectivity index is 1.58. The Kier molecular flexibility index (Phi) is 3.82. The Morgan fingerprint density at radius 3 is 2.27 bits per heavy atom. The molecule has 0 bridgehead atoms. The predicted octanol–water partition coefficient (Wildman–Crippen LogP) is 4.77. The van der Waals surface area contributed by atoms with Crippen molar-refractivity contribution >= 4 is 11.0 Å². The zero-order valence-corrected chi connectivity index (χ0v) is 13.6. The lowest BCUT2D eigenvalue weighted by Gasteiger charge is -2.07. The molecule has 5 heteroatoms. The molecule has 0 unspecified atom stereocenters. The van der Waals surface area contributed by atoms with Crippen LogP contribution in [0.5, 0.6) is 11.5 Å². The number of fused-ring (bicyclic) bond motifs is 1. The van der Waals surface area contributed by atoms with Crippen LogP contribution in [0, 0.1) is 22.7 Å². The third kappa shape index (κ3) is 2.86. The molecule has 0 spiro atoms. The topological polar surface area (TPSA) is 85.5 Å². The van der Waals surface area contributed by atoms with Gasteiger partial charge in [-0.3, -0.25) is 0 Å². The van der Waals surface area contributed by atoms with Crippen LogP contribution in [0.2, 0.25) is 0 Å². The van der Waals surface area contributed by atoms with Gasteiger partial charge in [0, 0.05) is 5.56 Å². The van der Waals surface area contributed by atoms with E-state index in [1.807, 2.05) is 60.7 Å². The lowest BCUT2D eigenvalue weighted by Crippen LogP contribution is -1.89. The van der Waals surface area contributed by atoms with E-state index < -0.39 is 0 Å². The van der Waals surface area contributed by atoms with Gasteiger partial charge in [0.05, 0.1) is 22.2 Å². The molecule has 4 aromatic rings. The summed E-state index contributed by atoms with van der Waals surface area (Å²) in [4.78, 5) is 7.87. The number of imidazole rings is 1. The Morgan fingerprint density at radius 2 is 1.54 bits per heavy atom. The molecule has 0 radical (unpaired) electrons. The summed E-state index contributed by atoms with van der Waals surface area (Å²) in [6.45, 7) is 0. The van der Waals surface area contributed by atoms with Crippen LogP contribution in [-0.4, -0.2) is 9.97 Å². The molecule has 122 valence electrons. The van der Waals surface area contributed by atoms with Gasteiger partial charge < -0.3 is 9.72 Å². The van der Waals surface area contributed by atoms with Crippen LogP contribution in [0.1, 0.15) is 11.1 Å². The number of nitrogens with zero attached hydrogens (tertiary/aromatic N) is 3. The Morgan fingerprint density at radius 1 is 0.808 bits per heavy atom. The van der Waals surface area contributed by atoms with Crippen molar-refractivity contribution in [2.45, 2.75) is 0 Å². The summed E-state index contributed by atoms with van der Waals surface area (Å²) in [5, 5.41) is 18.1. The first-order valence-corrected chi connectivity index (χ1v) is 7.94.